The number of nitrogens with zero attached hydrogens (tertiary/aromatic N) is 3. The molecule has 0 aliphatic carbocycles. The van der Waals surface area contributed by atoms with Crippen LogP contribution in [0.5, 0.6) is 0 Å². The van der Waals surface area contributed by atoms with Crippen molar-refractivity contribution in [3.05, 3.63) is 77.4 Å². The fraction of sp³-hybridized carbons (Fsp3) is 0.424. The molecule has 1 aliphatic heterocycles. The third-order valence-electron chi connectivity index (χ3n) is 7.09. The van der Waals surface area contributed by atoms with Crippen LogP contribution in [0, 0.1) is 5.92 Å². The van der Waals surface area contributed by atoms with E-state index in [0.29, 0.717) is 5.92 Å². The van der Waals surface area contributed by atoms with Crippen molar-refractivity contribution in [2.24, 2.45) is 5.92 Å². The van der Waals surface area contributed by atoms with Gasteiger partial charge in [0.1, 0.15) is 6.29 Å². The molecule has 0 radical (unpaired) electrons. The van der Waals surface area contributed by atoms with Gasteiger partial charge in [0, 0.05) is 68.1 Å². The van der Waals surface area contributed by atoms with Gasteiger partial charge in [0.2, 0.25) is 0 Å². The fourth-order valence-corrected chi connectivity index (χ4v) is 4.86. The zero-order valence-electron chi connectivity index (χ0n) is 23.7. The smallest absolute Gasteiger partial charge is 0.144 e. The molecule has 4 nitrogen and oxygen atoms in total. The summed E-state index contributed by atoms with van der Waals surface area (Å²) in [4.78, 5) is 18.7. The summed E-state index contributed by atoms with van der Waals surface area (Å²) >= 11 is 0. The molecule has 4 heteroatoms. The maximum atomic E-state index is 11.7. The van der Waals surface area contributed by atoms with E-state index in [1.165, 1.54) is 36.1 Å². The van der Waals surface area contributed by atoms with E-state index in [1.807, 2.05) is 0 Å². The van der Waals surface area contributed by atoms with Crippen molar-refractivity contribution < 1.29 is 4.79 Å². The van der Waals surface area contributed by atoms with Gasteiger partial charge < -0.3 is 14.7 Å². The summed E-state index contributed by atoms with van der Waals surface area (Å²) in [5, 5.41) is 0. The number of aldehydes is 1. The van der Waals surface area contributed by atoms with Gasteiger partial charge in [-0.2, -0.15) is 0 Å². The zero-order valence-corrected chi connectivity index (χ0v) is 23.7. The van der Waals surface area contributed by atoms with Crippen molar-refractivity contribution in [1.82, 2.24) is 4.90 Å². The number of anilines is 2. The van der Waals surface area contributed by atoms with Gasteiger partial charge in [-0.1, -0.05) is 63.3 Å². The average Bonchev–Trinajstić information content (AvgIpc) is 2.93. The molecule has 2 aromatic rings. The molecule has 0 bridgehead atoms. The first-order chi connectivity index (χ1) is 17.9. The average molecular weight is 500 g/mol. The molecule has 198 valence electrons. The minimum Gasteiger partial charge on any atom is -0.374 e. The highest BCUT2D eigenvalue weighted by atomic mass is 16.1. The van der Waals surface area contributed by atoms with Crippen molar-refractivity contribution in [3.63, 3.8) is 0 Å². The standard InChI is InChI=1S/C33H45N3O/c1-7-12-31(28-17-15-27(16-18-28)14-13-26(3)4)35(6)29-19-20-32(34(5)8-2)30(25-29)33(21-24-37)36-22-10-9-11-23-36/h12-21,24-26H,7-11,22-23H2,1-6H3/b14-13+,31-12+,33-21+. The predicted octanol–water partition coefficient (Wildman–Crippen LogP) is 7.72. The Morgan fingerprint density at radius 2 is 1.70 bits per heavy atom. The molecule has 0 unspecified atom stereocenters. The minimum atomic E-state index is 0.536. The van der Waals surface area contributed by atoms with Crippen molar-refractivity contribution >= 4 is 35.1 Å². The first kappa shape index (κ1) is 28.3. The van der Waals surface area contributed by atoms with Gasteiger partial charge in [-0.15, -0.1) is 0 Å². The summed E-state index contributed by atoms with van der Waals surface area (Å²) in [6, 6.07) is 15.5. The van der Waals surface area contributed by atoms with E-state index in [-0.39, 0.29) is 0 Å². The number of hydrogen-bond acceptors (Lipinski definition) is 4. The summed E-state index contributed by atoms with van der Waals surface area (Å²) in [5.41, 5.74) is 8.01. The molecule has 0 saturated carbocycles. The van der Waals surface area contributed by atoms with Gasteiger partial charge >= 0.3 is 0 Å². The van der Waals surface area contributed by atoms with Crippen LogP contribution in [0.15, 0.2) is 60.7 Å². The summed E-state index contributed by atoms with van der Waals surface area (Å²) in [7, 11) is 4.26. The molecule has 0 N–H and O–H groups in total. The highest BCUT2D eigenvalue weighted by molar-refractivity contribution is 5.88. The van der Waals surface area contributed by atoms with Crippen LogP contribution in [-0.4, -0.2) is 44.9 Å². The Balaban J connectivity index is 2.03. The topological polar surface area (TPSA) is 26.8 Å². The molecule has 1 heterocycles. The molecule has 0 amide bonds. The number of hydrogen-bond donors (Lipinski definition) is 0. The normalized spacial score (nSPS) is 14.9. The van der Waals surface area contributed by atoms with E-state index in [2.05, 4.69) is 117 Å². The first-order valence-electron chi connectivity index (χ1n) is 13.9. The summed E-state index contributed by atoms with van der Waals surface area (Å²) in [6.45, 7) is 11.6. The summed E-state index contributed by atoms with van der Waals surface area (Å²) < 4.78 is 0. The second-order valence-corrected chi connectivity index (χ2v) is 10.2. The van der Waals surface area contributed by atoms with E-state index in [0.717, 1.165) is 55.0 Å². The molecule has 0 spiro atoms. The van der Waals surface area contributed by atoms with Crippen LogP contribution < -0.4 is 9.80 Å². The van der Waals surface area contributed by atoms with Crippen LogP contribution in [0.3, 0.4) is 0 Å². The molecular weight excluding hydrogens is 454 g/mol. The zero-order chi connectivity index (χ0) is 26.8. The molecule has 0 aromatic heterocycles. The van der Waals surface area contributed by atoms with Crippen LogP contribution in [0.4, 0.5) is 11.4 Å². The lowest BCUT2D eigenvalue weighted by Gasteiger charge is -2.34. The number of carbonyl (C=O) groups excluding carboxylic acids is 1. The maximum absolute atomic E-state index is 11.7. The Morgan fingerprint density at radius 3 is 2.30 bits per heavy atom. The highest BCUT2D eigenvalue weighted by Crippen LogP contribution is 2.36. The number of likely N-dealkylation sites (tertiary alicyclic amines) is 1. The number of allylic oxidation sites excluding steroid dienone is 3. The monoisotopic (exact) mass is 499 g/mol. The van der Waals surface area contributed by atoms with Crippen LogP contribution in [0.25, 0.3) is 17.5 Å². The molecule has 1 fully saturated rings. The third kappa shape index (κ3) is 7.38. The van der Waals surface area contributed by atoms with E-state index in [9.17, 15) is 4.79 Å². The predicted molar refractivity (Wildman–Crippen MR) is 162 cm³/mol. The number of carbonyl (C=O) groups is 1. The maximum Gasteiger partial charge on any atom is 0.144 e. The Hall–Kier alpha value is -3.27. The van der Waals surface area contributed by atoms with Gasteiger partial charge in [-0.3, -0.25) is 4.79 Å². The second-order valence-electron chi connectivity index (χ2n) is 10.2. The molecule has 37 heavy (non-hydrogen) atoms. The van der Waals surface area contributed by atoms with Crippen LogP contribution in [0.2, 0.25) is 0 Å². The third-order valence-corrected chi connectivity index (χ3v) is 7.09. The van der Waals surface area contributed by atoms with Crippen LogP contribution >= 0.6 is 0 Å². The number of rotatable bonds is 11. The van der Waals surface area contributed by atoms with Crippen molar-refractivity contribution in [1.29, 1.82) is 0 Å². The minimum absolute atomic E-state index is 0.536. The lowest BCUT2D eigenvalue weighted by molar-refractivity contribution is -0.104. The second kappa shape index (κ2) is 13.9. The van der Waals surface area contributed by atoms with Gasteiger partial charge in [-0.25, -0.2) is 0 Å². The molecule has 3 rings (SSSR count). The van der Waals surface area contributed by atoms with Crippen molar-refractivity contribution in [2.45, 2.75) is 53.4 Å². The van der Waals surface area contributed by atoms with E-state index < -0.39 is 0 Å². The quantitative estimate of drug-likeness (QED) is 0.233. The largest absolute Gasteiger partial charge is 0.374 e. The Bertz CT molecular complexity index is 1100. The fourth-order valence-electron chi connectivity index (χ4n) is 4.86. The first-order valence-corrected chi connectivity index (χ1v) is 13.9. The van der Waals surface area contributed by atoms with Crippen molar-refractivity contribution in [2.75, 3.05) is 43.5 Å². The van der Waals surface area contributed by atoms with Gasteiger partial charge in [0.15, 0.2) is 0 Å². The molecular formula is C33H45N3O. The number of piperidine rings is 1. The molecule has 0 atom stereocenters. The van der Waals surface area contributed by atoms with E-state index in [1.54, 1.807) is 6.08 Å². The Morgan fingerprint density at radius 1 is 1.00 bits per heavy atom. The number of benzene rings is 2. The molecule has 1 aliphatic rings. The SMILES string of the molecule is CC/C=C(\c1ccc(/C=C/C(C)C)cc1)N(C)c1ccc(N(C)CC)c(/C(=C\C=O)N2CCCCC2)c1. The Kier molecular flexibility index (Phi) is 10.6. The van der Waals surface area contributed by atoms with E-state index in [4.69, 9.17) is 0 Å². The molecule has 2 aromatic carbocycles. The van der Waals surface area contributed by atoms with Crippen LogP contribution in [0.1, 0.15) is 70.1 Å². The van der Waals surface area contributed by atoms with Crippen LogP contribution in [-0.2, 0) is 4.79 Å². The van der Waals surface area contributed by atoms with E-state index >= 15 is 0 Å². The summed E-state index contributed by atoms with van der Waals surface area (Å²) in [6.07, 6.45) is 13.9. The molecule has 1 saturated heterocycles. The van der Waals surface area contributed by atoms with Gasteiger partial charge in [0.05, 0.1) is 0 Å². The lowest BCUT2D eigenvalue weighted by atomic mass is 10.0. The lowest BCUT2D eigenvalue weighted by Crippen LogP contribution is -2.29. The summed E-state index contributed by atoms with van der Waals surface area (Å²) in [5.74, 6) is 0.536. The van der Waals surface area contributed by atoms with Gasteiger partial charge in [-0.05, 0) is 67.9 Å². The van der Waals surface area contributed by atoms with Crippen molar-refractivity contribution in [3.8, 4) is 0 Å². The van der Waals surface area contributed by atoms with Gasteiger partial charge in [0.25, 0.3) is 0 Å². The Labute approximate surface area is 225 Å². The highest BCUT2D eigenvalue weighted by Gasteiger charge is 2.21.